The van der Waals surface area contributed by atoms with Crippen LogP contribution < -0.4 is 5.32 Å². The number of rotatable bonds is 3. The minimum absolute atomic E-state index is 0.147. The van der Waals surface area contributed by atoms with Crippen molar-refractivity contribution in [3.8, 4) is 0 Å². The van der Waals surface area contributed by atoms with Crippen LogP contribution in [0, 0.1) is 5.82 Å². The summed E-state index contributed by atoms with van der Waals surface area (Å²) in [6.07, 6.45) is 0.969. The van der Waals surface area contributed by atoms with Gasteiger partial charge in [-0.25, -0.2) is 4.39 Å². The molecule has 1 atom stereocenters. The van der Waals surface area contributed by atoms with E-state index in [-0.39, 0.29) is 11.9 Å². The molecule has 2 nitrogen and oxygen atoms in total. The molecule has 4 heteroatoms. The van der Waals surface area contributed by atoms with Crippen molar-refractivity contribution in [2.24, 2.45) is 0 Å². The number of nitrogens with one attached hydrogen (secondary N) is 1. The van der Waals surface area contributed by atoms with Crippen LogP contribution in [0.1, 0.15) is 31.9 Å². The maximum absolute atomic E-state index is 13.3. The molecule has 0 saturated heterocycles. The maximum Gasteiger partial charge on any atom is 0.123 e. The molecule has 1 aromatic carbocycles. The Morgan fingerprint density at radius 1 is 1.53 bits per heavy atom. The molecule has 17 heavy (non-hydrogen) atoms. The highest BCUT2D eigenvalue weighted by atomic mass is 32.2. The predicted octanol–water partition coefficient (Wildman–Crippen LogP) is 2.72. The summed E-state index contributed by atoms with van der Waals surface area (Å²) in [4.78, 5) is 1.14. The van der Waals surface area contributed by atoms with E-state index in [1.54, 1.807) is 31.7 Å². The SMILES string of the molecule is CC(C)(O)CNC1CCSc2ccc(F)cc21. The zero-order chi connectivity index (χ0) is 12.5. The Bertz CT molecular complexity index is 403. The molecule has 94 valence electrons. The lowest BCUT2D eigenvalue weighted by Crippen LogP contribution is -2.37. The van der Waals surface area contributed by atoms with Crippen LogP contribution in [0.15, 0.2) is 23.1 Å². The molecule has 0 radical (unpaired) electrons. The van der Waals surface area contributed by atoms with E-state index in [4.69, 9.17) is 0 Å². The van der Waals surface area contributed by atoms with Gasteiger partial charge in [0.1, 0.15) is 5.82 Å². The van der Waals surface area contributed by atoms with Gasteiger partial charge in [-0.1, -0.05) is 0 Å². The third kappa shape index (κ3) is 3.44. The van der Waals surface area contributed by atoms with Crippen molar-refractivity contribution in [2.45, 2.75) is 36.8 Å². The van der Waals surface area contributed by atoms with Crippen molar-refractivity contribution in [1.29, 1.82) is 0 Å². The van der Waals surface area contributed by atoms with Gasteiger partial charge in [0.05, 0.1) is 5.60 Å². The predicted molar refractivity (Wildman–Crippen MR) is 68.8 cm³/mol. The van der Waals surface area contributed by atoms with Crippen LogP contribution in [0.3, 0.4) is 0 Å². The first-order chi connectivity index (χ1) is 7.96. The summed E-state index contributed by atoms with van der Waals surface area (Å²) in [7, 11) is 0. The van der Waals surface area contributed by atoms with E-state index in [1.165, 1.54) is 6.07 Å². The summed E-state index contributed by atoms with van der Waals surface area (Å²) in [5.74, 6) is 0.837. The van der Waals surface area contributed by atoms with Gasteiger partial charge >= 0.3 is 0 Å². The van der Waals surface area contributed by atoms with E-state index in [9.17, 15) is 9.50 Å². The van der Waals surface area contributed by atoms with Crippen molar-refractivity contribution >= 4 is 11.8 Å². The van der Waals surface area contributed by atoms with Gasteiger partial charge in [0.25, 0.3) is 0 Å². The third-order valence-electron chi connectivity index (χ3n) is 2.79. The number of fused-ring (bicyclic) bond motifs is 1. The number of aliphatic hydroxyl groups is 1. The lowest BCUT2D eigenvalue weighted by Gasteiger charge is -2.29. The molecule has 1 aliphatic rings. The van der Waals surface area contributed by atoms with Gasteiger partial charge in [-0.3, -0.25) is 0 Å². The molecule has 0 fully saturated rings. The average molecular weight is 255 g/mol. The molecule has 0 aromatic heterocycles. The lowest BCUT2D eigenvalue weighted by molar-refractivity contribution is 0.0760. The monoisotopic (exact) mass is 255 g/mol. The molecule has 1 unspecified atom stereocenters. The minimum Gasteiger partial charge on any atom is -0.389 e. The third-order valence-corrected chi connectivity index (χ3v) is 3.92. The molecule has 1 heterocycles. The Morgan fingerprint density at radius 2 is 2.29 bits per heavy atom. The summed E-state index contributed by atoms with van der Waals surface area (Å²) < 4.78 is 13.3. The highest BCUT2D eigenvalue weighted by Gasteiger charge is 2.23. The van der Waals surface area contributed by atoms with Crippen LogP contribution in [0.25, 0.3) is 0 Å². The van der Waals surface area contributed by atoms with E-state index in [0.717, 1.165) is 22.6 Å². The number of halogens is 1. The fraction of sp³-hybridized carbons (Fsp3) is 0.538. The standard InChI is InChI=1S/C13H18FNOS/c1-13(2,16)8-15-11-5-6-17-12-4-3-9(14)7-10(11)12/h3-4,7,11,15-16H,5-6,8H2,1-2H3. The summed E-state index contributed by atoms with van der Waals surface area (Å²) in [6.45, 7) is 4.05. The Morgan fingerprint density at radius 3 is 3.00 bits per heavy atom. The number of hydrogen-bond donors (Lipinski definition) is 2. The molecule has 0 saturated carbocycles. The summed E-state index contributed by atoms with van der Waals surface area (Å²) in [6, 6.07) is 5.09. The van der Waals surface area contributed by atoms with Crippen LogP contribution in [0.5, 0.6) is 0 Å². The molecule has 0 bridgehead atoms. The minimum atomic E-state index is -0.738. The van der Waals surface area contributed by atoms with Gasteiger partial charge in [0, 0.05) is 17.5 Å². The van der Waals surface area contributed by atoms with Crippen molar-refractivity contribution in [3.63, 3.8) is 0 Å². The van der Waals surface area contributed by atoms with Gasteiger partial charge in [-0.05, 0) is 49.8 Å². The van der Waals surface area contributed by atoms with Crippen LogP contribution in [0.2, 0.25) is 0 Å². The summed E-state index contributed by atoms with van der Waals surface area (Å²) in [5, 5.41) is 13.0. The van der Waals surface area contributed by atoms with Gasteiger partial charge in [0.15, 0.2) is 0 Å². The van der Waals surface area contributed by atoms with Crippen LogP contribution >= 0.6 is 11.8 Å². The second kappa shape index (κ2) is 4.96. The average Bonchev–Trinajstić information content (AvgIpc) is 2.25. The first kappa shape index (κ1) is 12.9. The Kier molecular flexibility index (Phi) is 3.76. The highest BCUT2D eigenvalue weighted by Crippen LogP contribution is 2.36. The van der Waals surface area contributed by atoms with Crippen molar-refractivity contribution in [2.75, 3.05) is 12.3 Å². The normalized spacial score (nSPS) is 20.1. The van der Waals surface area contributed by atoms with Crippen molar-refractivity contribution in [1.82, 2.24) is 5.32 Å². The fourth-order valence-electron chi connectivity index (χ4n) is 1.95. The van der Waals surface area contributed by atoms with Crippen LogP contribution in [-0.4, -0.2) is 23.0 Å². The molecule has 1 aromatic rings. The zero-order valence-corrected chi connectivity index (χ0v) is 11.0. The Balaban J connectivity index is 2.14. The molecular weight excluding hydrogens is 237 g/mol. The molecule has 0 spiro atoms. The Hall–Kier alpha value is -0.580. The van der Waals surface area contributed by atoms with E-state index in [0.29, 0.717) is 6.54 Å². The lowest BCUT2D eigenvalue weighted by atomic mass is 10.0. The quantitative estimate of drug-likeness (QED) is 0.871. The van der Waals surface area contributed by atoms with E-state index in [1.807, 2.05) is 6.07 Å². The highest BCUT2D eigenvalue weighted by molar-refractivity contribution is 7.99. The molecular formula is C13H18FNOS. The largest absolute Gasteiger partial charge is 0.389 e. The summed E-state index contributed by atoms with van der Waals surface area (Å²) >= 11 is 1.77. The molecule has 0 amide bonds. The molecule has 2 N–H and O–H groups in total. The second-order valence-corrected chi connectivity index (χ2v) is 6.20. The zero-order valence-electron chi connectivity index (χ0n) is 10.2. The first-order valence-electron chi connectivity index (χ1n) is 5.84. The smallest absolute Gasteiger partial charge is 0.123 e. The van der Waals surface area contributed by atoms with Gasteiger partial charge in [0.2, 0.25) is 0 Å². The van der Waals surface area contributed by atoms with Crippen molar-refractivity contribution in [3.05, 3.63) is 29.6 Å². The maximum atomic E-state index is 13.3. The molecule has 0 aliphatic carbocycles. The van der Waals surface area contributed by atoms with Crippen molar-refractivity contribution < 1.29 is 9.50 Å². The molecule has 2 rings (SSSR count). The van der Waals surface area contributed by atoms with E-state index >= 15 is 0 Å². The molecule has 1 aliphatic heterocycles. The van der Waals surface area contributed by atoms with Crippen LogP contribution in [-0.2, 0) is 0 Å². The van der Waals surface area contributed by atoms with Gasteiger partial charge in [-0.15, -0.1) is 11.8 Å². The number of thioether (sulfide) groups is 1. The summed E-state index contributed by atoms with van der Waals surface area (Å²) in [5.41, 5.74) is 0.281. The number of hydrogen-bond acceptors (Lipinski definition) is 3. The van der Waals surface area contributed by atoms with E-state index in [2.05, 4.69) is 5.32 Å². The second-order valence-electron chi connectivity index (χ2n) is 5.07. The van der Waals surface area contributed by atoms with E-state index < -0.39 is 5.60 Å². The van der Waals surface area contributed by atoms with Gasteiger partial charge in [-0.2, -0.15) is 0 Å². The fourth-order valence-corrected chi connectivity index (χ4v) is 3.06. The Labute approximate surface area is 106 Å². The number of benzene rings is 1. The van der Waals surface area contributed by atoms with Crippen LogP contribution in [0.4, 0.5) is 4.39 Å². The van der Waals surface area contributed by atoms with Gasteiger partial charge < -0.3 is 10.4 Å². The first-order valence-corrected chi connectivity index (χ1v) is 6.82. The topological polar surface area (TPSA) is 32.3 Å².